The van der Waals surface area contributed by atoms with Gasteiger partial charge < -0.3 is 15.8 Å². The molecule has 2 heterocycles. The van der Waals surface area contributed by atoms with Gasteiger partial charge in [-0.15, -0.1) is 0 Å². The molecule has 1 unspecified atom stereocenters. The maximum absolute atomic E-state index is 8.64. The van der Waals surface area contributed by atoms with E-state index in [1.165, 1.54) is 12.2 Å². The molecule has 0 bridgehead atoms. The van der Waals surface area contributed by atoms with Gasteiger partial charge in [0.2, 0.25) is 0 Å². The Morgan fingerprint density at radius 3 is 3.18 bits per heavy atom. The Morgan fingerprint density at radius 2 is 2.53 bits per heavy atom. The van der Waals surface area contributed by atoms with E-state index in [0.717, 1.165) is 11.4 Å². The van der Waals surface area contributed by atoms with Crippen molar-refractivity contribution in [2.45, 2.75) is 12.5 Å². The first kappa shape index (κ1) is 12.0. The van der Waals surface area contributed by atoms with Crippen LogP contribution in [-0.4, -0.2) is 40.6 Å². The van der Waals surface area contributed by atoms with Gasteiger partial charge in [-0.2, -0.15) is 11.8 Å². The van der Waals surface area contributed by atoms with E-state index in [4.69, 9.17) is 10.9 Å². The first-order valence-corrected chi connectivity index (χ1v) is 6.62. The second-order valence-electron chi connectivity index (χ2n) is 4.01. The standard InChI is InChI=1S/C11H16N4OS/c1-15(9-3-5-17-7-9)8-2-4-13-10(6-8)11(12)14-16/h2,4,6,9,16H,3,5,7H2,1H3,(H2,12,14). The summed E-state index contributed by atoms with van der Waals surface area (Å²) < 4.78 is 0. The van der Waals surface area contributed by atoms with E-state index in [-0.39, 0.29) is 5.84 Å². The van der Waals surface area contributed by atoms with Gasteiger partial charge >= 0.3 is 0 Å². The Morgan fingerprint density at radius 1 is 1.71 bits per heavy atom. The Balaban J connectivity index is 2.20. The number of hydrogen-bond donors (Lipinski definition) is 2. The van der Waals surface area contributed by atoms with E-state index >= 15 is 0 Å². The lowest BCUT2D eigenvalue weighted by Gasteiger charge is -2.26. The van der Waals surface area contributed by atoms with Gasteiger partial charge in [0.25, 0.3) is 0 Å². The Kier molecular flexibility index (Phi) is 3.73. The van der Waals surface area contributed by atoms with Crippen molar-refractivity contribution in [1.82, 2.24) is 4.98 Å². The monoisotopic (exact) mass is 252 g/mol. The average molecular weight is 252 g/mol. The number of amidine groups is 1. The number of nitrogens with zero attached hydrogens (tertiary/aromatic N) is 3. The molecule has 1 fully saturated rings. The zero-order chi connectivity index (χ0) is 12.3. The summed E-state index contributed by atoms with van der Waals surface area (Å²) in [4.78, 5) is 6.30. The molecule has 92 valence electrons. The number of aromatic nitrogens is 1. The maximum Gasteiger partial charge on any atom is 0.188 e. The topological polar surface area (TPSA) is 74.7 Å². The van der Waals surface area contributed by atoms with E-state index in [1.54, 1.807) is 6.20 Å². The van der Waals surface area contributed by atoms with Crippen LogP contribution >= 0.6 is 11.8 Å². The molecule has 1 saturated heterocycles. The zero-order valence-corrected chi connectivity index (χ0v) is 10.5. The highest BCUT2D eigenvalue weighted by atomic mass is 32.2. The smallest absolute Gasteiger partial charge is 0.188 e. The van der Waals surface area contributed by atoms with Gasteiger partial charge in [0.1, 0.15) is 5.69 Å². The summed E-state index contributed by atoms with van der Waals surface area (Å²) in [5.74, 6) is 2.41. The third-order valence-corrected chi connectivity index (χ3v) is 4.12. The molecule has 1 aromatic rings. The zero-order valence-electron chi connectivity index (χ0n) is 9.71. The molecule has 0 spiro atoms. The summed E-state index contributed by atoms with van der Waals surface area (Å²) in [6.45, 7) is 0. The summed E-state index contributed by atoms with van der Waals surface area (Å²) in [7, 11) is 2.07. The Bertz CT molecular complexity index is 418. The van der Waals surface area contributed by atoms with Crippen LogP contribution in [0.4, 0.5) is 5.69 Å². The lowest BCUT2D eigenvalue weighted by molar-refractivity contribution is 0.318. The molecule has 2 rings (SSSR count). The Labute approximate surface area is 105 Å². The minimum Gasteiger partial charge on any atom is -0.409 e. The molecule has 0 aliphatic carbocycles. The molecule has 1 aliphatic heterocycles. The van der Waals surface area contributed by atoms with Crippen LogP contribution in [0.3, 0.4) is 0 Å². The summed E-state index contributed by atoms with van der Waals surface area (Å²) in [6, 6.07) is 4.34. The van der Waals surface area contributed by atoms with Gasteiger partial charge in [-0.1, -0.05) is 5.16 Å². The van der Waals surface area contributed by atoms with Crippen LogP contribution in [0.5, 0.6) is 0 Å². The van der Waals surface area contributed by atoms with Crippen molar-refractivity contribution in [2.24, 2.45) is 10.9 Å². The molecular formula is C11H16N4OS. The van der Waals surface area contributed by atoms with Gasteiger partial charge in [0.05, 0.1) is 0 Å². The summed E-state index contributed by atoms with van der Waals surface area (Å²) >= 11 is 1.97. The molecule has 3 N–H and O–H groups in total. The van der Waals surface area contributed by atoms with Gasteiger partial charge in [0, 0.05) is 30.7 Å². The molecule has 5 nitrogen and oxygen atoms in total. The van der Waals surface area contributed by atoms with Crippen LogP contribution < -0.4 is 10.6 Å². The molecular weight excluding hydrogens is 236 g/mol. The maximum atomic E-state index is 8.64. The quantitative estimate of drug-likeness (QED) is 0.365. The van der Waals surface area contributed by atoms with Crippen LogP contribution in [0.2, 0.25) is 0 Å². The number of anilines is 1. The van der Waals surface area contributed by atoms with Crippen molar-refractivity contribution in [3.8, 4) is 0 Å². The lowest BCUT2D eigenvalue weighted by atomic mass is 10.2. The summed E-state index contributed by atoms with van der Waals surface area (Å²) in [5, 5.41) is 11.6. The minimum atomic E-state index is 0.0426. The van der Waals surface area contributed by atoms with Crippen molar-refractivity contribution in [3.05, 3.63) is 24.0 Å². The van der Waals surface area contributed by atoms with Crippen LogP contribution in [-0.2, 0) is 0 Å². The van der Waals surface area contributed by atoms with Gasteiger partial charge in [-0.05, 0) is 24.3 Å². The van der Waals surface area contributed by atoms with Crippen LogP contribution in [0.1, 0.15) is 12.1 Å². The van der Waals surface area contributed by atoms with Gasteiger partial charge in [-0.25, -0.2) is 0 Å². The largest absolute Gasteiger partial charge is 0.409 e. The van der Waals surface area contributed by atoms with Gasteiger partial charge in [0.15, 0.2) is 5.84 Å². The molecule has 6 heteroatoms. The number of oxime groups is 1. The van der Waals surface area contributed by atoms with Crippen molar-refractivity contribution in [3.63, 3.8) is 0 Å². The van der Waals surface area contributed by atoms with Crippen LogP contribution in [0.15, 0.2) is 23.5 Å². The number of thioether (sulfide) groups is 1. The highest BCUT2D eigenvalue weighted by Gasteiger charge is 2.20. The van der Waals surface area contributed by atoms with E-state index in [2.05, 4.69) is 22.1 Å². The highest BCUT2D eigenvalue weighted by molar-refractivity contribution is 7.99. The van der Waals surface area contributed by atoms with E-state index in [1.807, 2.05) is 23.9 Å². The molecule has 1 aliphatic rings. The molecule has 0 aromatic carbocycles. The molecule has 1 aromatic heterocycles. The fraction of sp³-hybridized carbons (Fsp3) is 0.455. The predicted octanol–water partition coefficient (Wildman–Crippen LogP) is 1.12. The third-order valence-electron chi connectivity index (χ3n) is 2.97. The van der Waals surface area contributed by atoms with Crippen LogP contribution in [0.25, 0.3) is 0 Å². The van der Waals surface area contributed by atoms with Crippen LogP contribution in [0, 0.1) is 0 Å². The third kappa shape index (κ3) is 2.63. The number of hydrogen-bond acceptors (Lipinski definition) is 5. The fourth-order valence-electron chi connectivity index (χ4n) is 1.87. The minimum absolute atomic E-state index is 0.0426. The number of rotatable bonds is 3. The highest BCUT2D eigenvalue weighted by Crippen LogP contribution is 2.25. The lowest BCUT2D eigenvalue weighted by Crippen LogP contribution is -2.31. The van der Waals surface area contributed by atoms with Gasteiger partial charge in [-0.3, -0.25) is 4.98 Å². The summed E-state index contributed by atoms with van der Waals surface area (Å²) in [6.07, 6.45) is 2.88. The molecule has 0 radical (unpaired) electrons. The van der Waals surface area contributed by atoms with E-state index in [0.29, 0.717) is 11.7 Å². The second-order valence-corrected chi connectivity index (χ2v) is 5.16. The van der Waals surface area contributed by atoms with E-state index < -0.39 is 0 Å². The molecule has 0 saturated carbocycles. The normalized spacial score (nSPS) is 20.5. The Hall–Kier alpha value is -1.43. The average Bonchev–Trinajstić information content (AvgIpc) is 2.91. The first-order chi connectivity index (χ1) is 8.22. The summed E-state index contributed by atoms with van der Waals surface area (Å²) in [5.41, 5.74) is 7.08. The molecule has 17 heavy (non-hydrogen) atoms. The predicted molar refractivity (Wildman–Crippen MR) is 70.9 cm³/mol. The SMILES string of the molecule is CN(c1ccnc(C(N)=NO)c1)C1CCSC1. The molecule has 1 atom stereocenters. The first-order valence-electron chi connectivity index (χ1n) is 5.47. The van der Waals surface area contributed by atoms with Crippen molar-refractivity contribution in [2.75, 3.05) is 23.5 Å². The number of pyridine rings is 1. The number of nitrogens with two attached hydrogens (primary N) is 1. The van der Waals surface area contributed by atoms with E-state index in [9.17, 15) is 0 Å². The van der Waals surface area contributed by atoms with Crippen molar-refractivity contribution < 1.29 is 5.21 Å². The molecule has 0 amide bonds. The fourth-order valence-corrected chi connectivity index (χ4v) is 3.14. The second kappa shape index (κ2) is 5.27. The van der Waals surface area contributed by atoms with Crippen molar-refractivity contribution >= 4 is 23.3 Å². The van der Waals surface area contributed by atoms with Crippen molar-refractivity contribution in [1.29, 1.82) is 0 Å².